The zero-order chi connectivity index (χ0) is 32.2. The minimum atomic E-state index is -0.474. The van der Waals surface area contributed by atoms with Gasteiger partial charge in [0.1, 0.15) is 23.3 Å². The van der Waals surface area contributed by atoms with E-state index in [1.54, 1.807) is 24.5 Å². The average Bonchev–Trinajstić information content (AvgIpc) is 3.03. The molecule has 44 heavy (non-hydrogen) atoms. The molecule has 10 heteroatoms. The maximum atomic E-state index is 13.0. The molecule has 0 unspecified atom stereocenters. The second kappa shape index (κ2) is 15.8. The third-order valence-corrected chi connectivity index (χ3v) is 7.18. The number of pyridine rings is 2. The molecule has 0 spiro atoms. The molecular weight excluding hydrogens is 562 g/mol. The SMILES string of the molecule is CC(C)(CNc1ccc(CN)cn1)c1ccc(F)cc1.COC(=O)NCc1ccc(NCC(C)(C)c2ccc(F)cc2)nc1. The maximum absolute atomic E-state index is 13.0. The number of alkyl carbamates (subject to hydrolysis) is 1. The summed E-state index contributed by atoms with van der Waals surface area (Å²) in [5.74, 6) is 1.11. The number of aromatic nitrogens is 2. The first kappa shape index (κ1) is 33.9. The van der Waals surface area contributed by atoms with E-state index < -0.39 is 6.09 Å². The molecule has 0 aliphatic carbocycles. The maximum Gasteiger partial charge on any atom is 0.407 e. The summed E-state index contributed by atoms with van der Waals surface area (Å²) < 4.78 is 30.5. The smallest absolute Gasteiger partial charge is 0.407 e. The van der Waals surface area contributed by atoms with Crippen LogP contribution in [0.15, 0.2) is 85.2 Å². The number of nitrogens with zero attached hydrogens (tertiary/aromatic N) is 2. The molecule has 4 aromatic rings. The summed E-state index contributed by atoms with van der Waals surface area (Å²) in [5.41, 5.74) is 9.29. The molecule has 0 atom stereocenters. The summed E-state index contributed by atoms with van der Waals surface area (Å²) in [4.78, 5) is 19.7. The Balaban J connectivity index is 0.000000244. The van der Waals surface area contributed by atoms with Crippen LogP contribution in [0.5, 0.6) is 0 Å². The number of hydrogen-bond acceptors (Lipinski definition) is 7. The Kier molecular flexibility index (Phi) is 12.2. The predicted molar refractivity (Wildman–Crippen MR) is 171 cm³/mol. The number of carbonyl (C=O) groups excluding carboxylic acids is 1. The van der Waals surface area contributed by atoms with Gasteiger partial charge in [-0.1, -0.05) is 64.1 Å². The number of anilines is 2. The van der Waals surface area contributed by atoms with Crippen molar-refractivity contribution in [2.24, 2.45) is 5.73 Å². The van der Waals surface area contributed by atoms with Gasteiger partial charge in [-0.2, -0.15) is 0 Å². The summed E-state index contributed by atoms with van der Waals surface area (Å²) in [6.45, 7) is 10.6. The number of carbonyl (C=O) groups is 1. The monoisotopic (exact) mass is 604 g/mol. The molecule has 0 radical (unpaired) electrons. The van der Waals surface area contributed by atoms with Crippen LogP contribution in [-0.4, -0.2) is 36.3 Å². The Morgan fingerprint density at radius 3 is 1.52 bits per heavy atom. The molecule has 0 aliphatic heterocycles. The van der Waals surface area contributed by atoms with Crippen LogP contribution in [-0.2, 0) is 28.7 Å². The molecule has 0 fully saturated rings. The van der Waals surface area contributed by atoms with Crippen molar-refractivity contribution in [2.45, 2.75) is 51.6 Å². The zero-order valence-corrected chi connectivity index (χ0v) is 26.0. The lowest BCUT2D eigenvalue weighted by molar-refractivity contribution is 0.170. The van der Waals surface area contributed by atoms with Gasteiger partial charge in [-0.3, -0.25) is 0 Å². The number of benzene rings is 2. The molecule has 5 N–H and O–H groups in total. The van der Waals surface area contributed by atoms with Crippen molar-refractivity contribution >= 4 is 17.7 Å². The van der Waals surface area contributed by atoms with Gasteiger partial charge in [0.25, 0.3) is 0 Å². The molecule has 0 bridgehead atoms. The topological polar surface area (TPSA) is 114 Å². The Labute approximate surface area is 258 Å². The van der Waals surface area contributed by atoms with E-state index in [9.17, 15) is 13.6 Å². The van der Waals surface area contributed by atoms with Crippen LogP contribution < -0.4 is 21.7 Å². The van der Waals surface area contributed by atoms with Crippen molar-refractivity contribution in [3.63, 3.8) is 0 Å². The fraction of sp³-hybridized carbons (Fsp3) is 0.324. The Morgan fingerprint density at radius 2 is 1.16 bits per heavy atom. The van der Waals surface area contributed by atoms with Gasteiger partial charge >= 0.3 is 6.09 Å². The van der Waals surface area contributed by atoms with Gasteiger partial charge < -0.3 is 26.4 Å². The minimum Gasteiger partial charge on any atom is -0.453 e. The molecular formula is C34H42F2N6O2. The summed E-state index contributed by atoms with van der Waals surface area (Å²) in [6.07, 6.45) is 2.99. The molecule has 2 aromatic heterocycles. The van der Waals surface area contributed by atoms with Gasteiger partial charge in [-0.25, -0.2) is 23.5 Å². The summed E-state index contributed by atoms with van der Waals surface area (Å²) in [7, 11) is 1.32. The number of hydrogen-bond donors (Lipinski definition) is 4. The van der Waals surface area contributed by atoms with Crippen LogP contribution in [0.25, 0.3) is 0 Å². The van der Waals surface area contributed by atoms with E-state index in [-0.39, 0.29) is 22.5 Å². The minimum absolute atomic E-state index is 0.109. The molecule has 8 nitrogen and oxygen atoms in total. The second-order valence-electron chi connectivity index (χ2n) is 11.6. The molecule has 234 valence electrons. The fourth-order valence-corrected chi connectivity index (χ4v) is 4.16. The van der Waals surface area contributed by atoms with E-state index >= 15 is 0 Å². The lowest BCUT2D eigenvalue weighted by Crippen LogP contribution is -2.28. The number of nitrogens with two attached hydrogens (primary N) is 1. The van der Waals surface area contributed by atoms with Crippen LogP contribution >= 0.6 is 0 Å². The highest BCUT2D eigenvalue weighted by atomic mass is 19.1. The summed E-state index contributed by atoms with van der Waals surface area (Å²) in [6, 6.07) is 20.8. The third-order valence-electron chi connectivity index (χ3n) is 7.18. The van der Waals surface area contributed by atoms with Crippen molar-refractivity contribution in [3.05, 3.63) is 119 Å². The van der Waals surface area contributed by atoms with E-state index in [2.05, 4.69) is 58.4 Å². The molecule has 2 heterocycles. The van der Waals surface area contributed by atoms with E-state index in [1.165, 1.54) is 31.4 Å². The van der Waals surface area contributed by atoms with Crippen molar-refractivity contribution in [1.82, 2.24) is 15.3 Å². The van der Waals surface area contributed by atoms with E-state index in [1.807, 2.05) is 36.4 Å². The highest BCUT2D eigenvalue weighted by molar-refractivity contribution is 5.66. The number of methoxy groups -OCH3 is 1. The van der Waals surface area contributed by atoms with Gasteiger partial charge in [0, 0.05) is 49.4 Å². The summed E-state index contributed by atoms with van der Waals surface area (Å²) in [5, 5.41) is 9.19. The number of amides is 1. The van der Waals surface area contributed by atoms with Crippen LogP contribution in [0.3, 0.4) is 0 Å². The standard InChI is InChI=1S/C18H22FN3O2.C16H20FN3/c1-18(2,14-5-7-15(19)8-6-14)12-22-16-9-4-13(10-20-16)11-21-17(23)24-3;1-16(2,13-4-6-14(17)7-5-13)11-20-15-8-3-12(9-18)10-19-15/h4-10H,11-12H2,1-3H3,(H,20,22)(H,21,23);3-8,10H,9,11,18H2,1-2H3,(H,19,20). The van der Waals surface area contributed by atoms with Gasteiger partial charge in [0.15, 0.2) is 0 Å². The molecule has 2 aromatic carbocycles. The first-order valence-electron chi connectivity index (χ1n) is 14.3. The van der Waals surface area contributed by atoms with Gasteiger partial charge in [-0.05, 0) is 58.7 Å². The van der Waals surface area contributed by atoms with Crippen molar-refractivity contribution in [2.75, 3.05) is 30.8 Å². The van der Waals surface area contributed by atoms with E-state index in [4.69, 9.17) is 5.73 Å². The van der Waals surface area contributed by atoms with Gasteiger partial charge in [0.2, 0.25) is 0 Å². The van der Waals surface area contributed by atoms with E-state index in [0.717, 1.165) is 33.9 Å². The first-order chi connectivity index (χ1) is 20.9. The molecule has 0 saturated carbocycles. The highest BCUT2D eigenvalue weighted by Gasteiger charge is 2.21. The van der Waals surface area contributed by atoms with Crippen molar-refractivity contribution < 1.29 is 18.3 Å². The normalized spacial score (nSPS) is 11.2. The zero-order valence-electron chi connectivity index (χ0n) is 26.0. The number of halogens is 2. The predicted octanol–water partition coefficient (Wildman–Crippen LogP) is 6.54. The Morgan fingerprint density at radius 1 is 0.727 bits per heavy atom. The van der Waals surface area contributed by atoms with E-state index in [0.29, 0.717) is 26.2 Å². The van der Waals surface area contributed by atoms with Gasteiger partial charge in [0.05, 0.1) is 7.11 Å². The molecule has 4 rings (SSSR count). The van der Waals surface area contributed by atoms with Crippen LogP contribution in [0.2, 0.25) is 0 Å². The highest BCUT2D eigenvalue weighted by Crippen LogP contribution is 2.25. The Bertz CT molecular complexity index is 1440. The average molecular weight is 605 g/mol. The molecule has 0 aliphatic rings. The van der Waals surface area contributed by atoms with Crippen LogP contribution in [0.1, 0.15) is 49.9 Å². The lowest BCUT2D eigenvalue weighted by Gasteiger charge is -2.26. The van der Waals surface area contributed by atoms with Gasteiger partial charge in [-0.15, -0.1) is 0 Å². The first-order valence-corrected chi connectivity index (χ1v) is 14.3. The second-order valence-corrected chi connectivity index (χ2v) is 11.6. The number of rotatable bonds is 11. The molecule has 0 saturated heterocycles. The summed E-state index contributed by atoms with van der Waals surface area (Å²) >= 11 is 0. The molecule has 1 amide bonds. The fourth-order valence-electron chi connectivity index (χ4n) is 4.16. The van der Waals surface area contributed by atoms with Crippen LogP contribution in [0.4, 0.5) is 25.2 Å². The quantitative estimate of drug-likeness (QED) is 0.154. The number of nitrogens with one attached hydrogen (secondary N) is 3. The third kappa shape index (κ3) is 10.6. The lowest BCUT2D eigenvalue weighted by atomic mass is 9.84. The number of ether oxygens (including phenoxy) is 1. The van der Waals surface area contributed by atoms with Crippen molar-refractivity contribution in [3.8, 4) is 0 Å². The Hall–Kier alpha value is -4.57. The van der Waals surface area contributed by atoms with Crippen LogP contribution in [0, 0.1) is 11.6 Å². The largest absolute Gasteiger partial charge is 0.453 e. The van der Waals surface area contributed by atoms with Crippen molar-refractivity contribution in [1.29, 1.82) is 0 Å².